The van der Waals surface area contributed by atoms with Crippen molar-refractivity contribution in [1.29, 1.82) is 0 Å². The van der Waals surface area contributed by atoms with Crippen molar-refractivity contribution in [2.45, 2.75) is 47.0 Å². The molecule has 226 valence electrons. The molecule has 0 aliphatic rings. The Bertz CT molecular complexity index is 2160. The Hall–Kier alpha value is -4.47. The van der Waals surface area contributed by atoms with Crippen LogP contribution in [0, 0.1) is 26.0 Å². The predicted molar refractivity (Wildman–Crippen MR) is 178 cm³/mol. The minimum atomic E-state index is 0. The molecule has 6 heteroatoms. The number of para-hydroxylation sites is 1. The summed E-state index contributed by atoms with van der Waals surface area (Å²) in [5.74, 6) is 2.55. The van der Waals surface area contributed by atoms with E-state index in [4.69, 9.17) is 9.84 Å². The van der Waals surface area contributed by atoms with E-state index in [1.807, 2.05) is 47.4 Å². The van der Waals surface area contributed by atoms with Crippen molar-refractivity contribution in [3.8, 4) is 34.1 Å². The monoisotopic (exact) mass is 769 g/mol. The molecule has 0 atom stereocenters. The summed E-state index contributed by atoms with van der Waals surface area (Å²) in [6.45, 7) is 11.0. The van der Waals surface area contributed by atoms with Gasteiger partial charge in [-0.2, -0.15) is 17.2 Å². The third-order valence-corrected chi connectivity index (χ3v) is 8.26. The number of benzene rings is 4. The third-order valence-electron chi connectivity index (χ3n) is 8.26. The van der Waals surface area contributed by atoms with Crippen LogP contribution >= 0.6 is 0 Å². The molecule has 7 aromatic rings. The van der Waals surface area contributed by atoms with Crippen molar-refractivity contribution in [2.24, 2.45) is 0 Å². The normalized spacial score (nSPS) is 11.3. The summed E-state index contributed by atoms with van der Waals surface area (Å²) in [5, 5.41) is 6.96. The number of aromatic nitrogens is 4. The van der Waals surface area contributed by atoms with Crippen molar-refractivity contribution >= 4 is 21.8 Å². The molecular weight excluding hydrogens is 736 g/mol. The van der Waals surface area contributed by atoms with Crippen LogP contribution in [0.3, 0.4) is 0 Å². The maximum Gasteiger partial charge on any atom is 2.00 e. The summed E-state index contributed by atoms with van der Waals surface area (Å²) in [6, 6.07) is 34.0. The zero-order chi connectivity index (χ0) is 30.4. The van der Waals surface area contributed by atoms with Crippen molar-refractivity contribution in [3.05, 3.63) is 132 Å². The van der Waals surface area contributed by atoms with Gasteiger partial charge in [-0.1, -0.05) is 56.6 Å². The molecule has 4 aromatic carbocycles. The number of nitrogens with zero attached hydrogens (tertiary/aromatic N) is 4. The van der Waals surface area contributed by atoms with Crippen LogP contribution in [0.15, 0.2) is 97.5 Å². The molecule has 5 nitrogen and oxygen atoms in total. The van der Waals surface area contributed by atoms with Crippen LogP contribution in [0.25, 0.3) is 44.4 Å². The van der Waals surface area contributed by atoms with E-state index in [2.05, 4.69) is 111 Å². The second-order valence-electron chi connectivity index (χ2n) is 11.7. The van der Waals surface area contributed by atoms with Crippen LogP contribution in [-0.4, -0.2) is 19.3 Å². The Morgan fingerprint density at radius 2 is 1.69 bits per heavy atom. The van der Waals surface area contributed by atoms with Gasteiger partial charge in [0, 0.05) is 35.0 Å². The van der Waals surface area contributed by atoms with Crippen molar-refractivity contribution in [3.63, 3.8) is 0 Å². The summed E-state index contributed by atoms with van der Waals surface area (Å²) in [6.07, 6.45) is 6.84. The van der Waals surface area contributed by atoms with Crippen molar-refractivity contribution in [2.75, 3.05) is 0 Å². The first-order valence-electron chi connectivity index (χ1n) is 15.2. The number of hydrogen-bond acceptors (Lipinski definition) is 3. The molecule has 0 N–H and O–H groups in total. The van der Waals surface area contributed by atoms with Gasteiger partial charge in [-0.15, -0.1) is 35.7 Å². The van der Waals surface area contributed by atoms with E-state index in [-0.39, 0.29) is 21.1 Å². The average molecular weight is 770 g/mol. The second kappa shape index (κ2) is 12.5. The van der Waals surface area contributed by atoms with E-state index < -0.39 is 0 Å². The van der Waals surface area contributed by atoms with E-state index in [1.54, 1.807) is 0 Å². The maximum atomic E-state index is 6.36. The first-order valence-corrected chi connectivity index (χ1v) is 15.2. The van der Waals surface area contributed by atoms with E-state index >= 15 is 0 Å². The molecule has 3 aromatic heterocycles. The molecule has 0 aliphatic carbocycles. The number of hydrogen-bond donors (Lipinski definition) is 0. The molecular formula is C39H34N4OPt. The van der Waals surface area contributed by atoms with Gasteiger partial charge in [0.15, 0.2) is 0 Å². The van der Waals surface area contributed by atoms with Gasteiger partial charge < -0.3 is 9.30 Å². The van der Waals surface area contributed by atoms with E-state index in [1.165, 1.54) is 22.3 Å². The summed E-state index contributed by atoms with van der Waals surface area (Å²) >= 11 is 0. The molecule has 0 spiro atoms. The van der Waals surface area contributed by atoms with Crippen molar-refractivity contribution in [1.82, 2.24) is 19.3 Å². The number of ether oxygens (including phenoxy) is 1. The molecule has 3 heterocycles. The molecule has 0 amide bonds. The van der Waals surface area contributed by atoms with Crippen LogP contribution in [0.5, 0.6) is 11.5 Å². The third kappa shape index (κ3) is 5.73. The average Bonchev–Trinajstić information content (AvgIpc) is 3.64. The quantitative estimate of drug-likeness (QED) is 0.152. The van der Waals surface area contributed by atoms with Gasteiger partial charge in [0.1, 0.15) is 5.82 Å². The van der Waals surface area contributed by atoms with Crippen LogP contribution in [0.4, 0.5) is 0 Å². The van der Waals surface area contributed by atoms with Gasteiger partial charge in [0.2, 0.25) is 0 Å². The van der Waals surface area contributed by atoms with Gasteiger partial charge in [-0.3, -0.25) is 4.68 Å². The first-order chi connectivity index (χ1) is 21.4. The number of rotatable bonds is 7. The van der Waals surface area contributed by atoms with Crippen LogP contribution in [0.1, 0.15) is 48.9 Å². The summed E-state index contributed by atoms with van der Waals surface area (Å²) < 4.78 is 10.4. The van der Waals surface area contributed by atoms with E-state index in [0.717, 1.165) is 50.9 Å². The Morgan fingerprint density at radius 1 is 0.867 bits per heavy atom. The second-order valence-corrected chi connectivity index (χ2v) is 11.7. The Balaban J connectivity index is 0.00000357. The zero-order valence-corrected chi connectivity index (χ0v) is 28.3. The molecule has 7 rings (SSSR count). The fourth-order valence-electron chi connectivity index (χ4n) is 6.06. The summed E-state index contributed by atoms with van der Waals surface area (Å²) in [7, 11) is 0. The molecule has 0 saturated heterocycles. The predicted octanol–water partition coefficient (Wildman–Crippen LogP) is 9.72. The van der Waals surface area contributed by atoms with Crippen LogP contribution in [-0.2, 0) is 27.5 Å². The smallest absolute Gasteiger partial charge is 0.509 e. The van der Waals surface area contributed by atoms with Crippen molar-refractivity contribution < 1.29 is 25.8 Å². The number of aryl methyl sites for hydroxylation is 3. The molecule has 0 radical (unpaired) electrons. The Morgan fingerprint density at radius 3 is 2.49 bits per heavy atom. The SMILES string of the molecule is CCc1cc(C(C)C)cc(C)c1-c1cnn(-c2[c-]c(Oc3[c-]c4c(cc3)c3ccccc3n4-c3cc(C)ccn3)ccc2)c1.[Pt+2]. The van der Waals surface area contributed by atoms with Gasteiger partial charge >= 0.3 is 21.1 Å². The number of fused-ring (bicyclic) bond motifs is 3. The molecule has 0 fully saturated rings. The van der Waals surface area contributed by atoms with E-state index in [9.17, 15) is 0 Å². The fraction of sp³-hybridized carbons (Fsp3) is 0.179. The Labute approximate surface area is 278 Å². The number of pyridine rings is 1. The van der Waals surface area contributed by atoms with Crippen LogP contribution < -0.4 is 4.74 Å². The minimum Gasteiger partial charge on any atom is -0.509 e. The summed E-state index contributed by atoms with van der Waals surface area (Å²) in [5.41, 5.74) is 10.3. The van der Waals surface area contributed by atoms with Gasteiger partial charge in [-0.25, -0.2) is 4.98 Å². The largest absolute Gasteiger partial charge is 2.00 e. The van der Waals surface area contributed by atoms with Gasteiger partial charge in [0.25, 0.3) is 0 Å². The topological polar surface area (TPSA) is 44.9 Å². The zero-order valence-electron chi connectivity index (χ0n) is 26.0. The fourth-order valence-corrected chi connectivity index (χ4v) is 6.06. The molecule has 0 bridgehead atoms. The minimum absolute atomic E-state index is 0. The standard InChI is InChI=1S/C39H34N4O.Pt/c1-6-28-20-29(25(2)3)19-27(5)39(28)30-23-41-42(24-30)31-10-9-11-32(21-31)44-33-14-15-35-34-12-7-8-13-36(34)43(37(35)22-33)38-18-26(4)16-17-40-38;/h7-20,23-25H,6H2,1-5H3;/q-2;+2. The Kier molecular flexibility index (Phi) is 8.48. The van der Waals surface area contributed by atoms with Crippen LogP contribution in [0.2, 0.25) is 0 Å². The van der Waals surface area contributed by atoms with Gasteiger partial charge in [0.05, 0.1) is 6.20 Å². The molecule has 0 saturated carbocycles. The molecule has 45 heavy (non-hydrogen) atoms. The van der Waals surface area contributed by atoms with Gasteiger partial charge in [-0.05, 0) is 83.3 Å². The summed E-state index contributed by atoms with van der Waals surface area (Å²) in [4.78, 5) is 4.68. The first kappa shape index (κ1) is 30.6. The van der Waals surface area contributed by atoms with E-state index in [0.29, 0.717) is 17.4 Å². The molecule has 0 unspecified atom stereocenters. The molecule has 0 aliphatic heterocycles. The maximum absolute atomic E-state index is 6.36.